The van der Waals surface area contributed by atoms with Crippen LogP contribution in [0.2, 0.25) is 5.02 Å². The number of carbonyl (C=O) groups excluding carboxylic acids is 1. The van der Waals surface area contributed by atoms with Crippen molar-refractivity contribution >= 4 is 27.5 Å². The van der Waals surface area contributed by atoms with Crippen LogP contribution in [-0.4, -0.2) is 32.7 Å². The van der Waals surface area contributed by atoms with E-state index in [9.17, 15) is 13.2 Å². The summed E-state index contributed by atoms with van der Waals surface area (Å²) in [6.07, 6.45) is 0.590. The highest BCUT2D eigenvalue weighted by molar-refractivity contribution is 7.90. The fourth-order valence-electron chi connectivity index (χ4n) is 2.02. The molecule has 0 aliphatic rings. The number of amides is 1. The van der Waals surface area contributed by atoms with E-state index in [1.807, 2.05) is 32.9 Å². The van der Waals surface area contributed by atoms with Crippen LogP contribution < -0.4 is 10.0 Å². The number of sulfonamides is 1. The van der Waals surface area contributed by atoms with E-state index in [2.05, 4.69) is 10.0 Å². The van der Waals surface area contributed by atoms with E-state index in [-0.39, 0.29) is 5.92 Å². The van der Waals surface area contributed by atoms with E-state index >= 15 is 0 Å². The summed E-state index contributed by atoms with van der Waals surface area (Å²) in [6.45, 7) is 5.89. The average Bonchev–Trinajstić information content (AvgIpc) is 2.40. The van der Waals surface area contributed by atoms with Gasteiger partial charge in [0.2, 0.25) is 15.9 Å². The summed E-state index contributed by atoms with van der Waals surface area (Å²) in [7, 11) is -2.29. The molecule has 0 unspecified atom stereocenters. The molecular weight excluding hydrogens is 324 g/mol. The fourth-order valence-corrected chi connectivity index (χ4v) is 2.71. The number of carbonyl (C=O) groups is 1. The van der Waals surface area contributed by atoms with Gasteiger partial charge in [-0.25, -0.2) is 13.1 Å². The maximum absolute atomic E-state index is 12.0. The van der Waals surface area contributed by atoms with Crippen molar-refractivity contribution < 1.29 is 13.2 Å². The normalized spacial score (nSPS) is 14.6. The Morgan fingerprint density at radius 2 is 1.82 bits per heavy atom. The summed E-state index contributed by atoms with van der Waals surface area (Å²) in [5.41, 5.74) is 0.478. The Kier molecular flexibility index (Phi) is 6.40. The van der Waals surface area contributed by atoms with E-state index in [0.717, 1.165) is 5.56 Å². The third kappa shape index (κ3) is 5.59. The number of hydrogen-bond donors (Lipinski definition) is 2. The fraction of sp³-hybridized carbons (Fsp3) is 0.533. The first-order valence-corrected chi connectivity index (χ1v) is 9.07. The maximum atomic E-state index is 12.0. The predicted molar refractivity (Wildman–Crippen MR) is 89.4 cm³/mol. The quantitative estimate of drug-likeness (QED) is 0.792. The third-order valence-corrected chi connectivity index (χ3v) is 5.33. The summed E-state index contributed by atoms with van der Waals surface area (Å²) in [5, 5.41) is 3.51. The minimum absolute atomic E-state index is 0.129. The van der Waals surface area contributed by atoms with E-state index in [4.69, 9.17) is 11.6 Å². The highest BCUT2D eigenvalue weighted by atomic mass is 35.5. The molecule has 0 spiro atoms. The van der Waals surface area contributed by atoms with Gasteiger partial charge in [-0.1, -0.05) is 37.6 Å². The zero-order valence-corrected chi connectivity index (χ0v) is 14.9. The van der Waals surface area contributed by atoms with E-state index < -0.39 is 27.2 Å². The van der Waals surface area contributed by atoms with Crippen LogP contribution in [0.25, 0.3) is 0 Å². The lowest BCUT2D eigenvalue weighted by molar-refractivity contribution is -0.120. The molecule has 7 heteroatoms. The second-order valence-corrected chi connectivity index (χ2v) is 8.25. The number of benzene rings is 1. The van der Waals surface area contributed by atoms with Gasteiger partial charge in [-0.3, -0.25) is 4.79 Å². The molecule has 1 rings (SSSR count). The predicted octanol–water partition coefficient (Wildman–Crippen LogP) is 1.96. The van der Waals surface area contributed by atoms with Gasteiger partial charge in [0.25, 0.3) is 0 Å². The zero-order valence-electron chi connectivity index (χ0n) is 13.3. The molecule has 1 aromatic carbocycles. The molecule has 0 aliphatic heterocycles. The van der Waals surface area contributed by atoms with Crippen LogP contribution in [0.1, 0.15) is 26.3 Å². The van der Waals surface area contributed by atoms with Crippen LogP contribution in [0.4, 0.5) is 0 Å². The lowest BCUT2D eigenvalue weighted by Gasteiger charge is -2.35. The van der Waals surface area contributed by atoms with E-state index in [1.54, 1.807) is 12.1 Å². The Morgan fingerprint density at radius 1 is 1.27 bits per heavy atom. The standard InChI is InChI=1S/C15H23ClN2O3S/c1-11(2)15(3,9-12-5-7-13(16)8-6-12)18-14(19)10-22(20,21)17-4/h5-8,11,17H,9-10H2,1-4H3,(H,18,19)/t15-/m0/s1. The van der Waals surface area contributed by atoms with Gasteiger partial charge in [0.05, 0.1) is 0 Å². The first-order valence-electron chi connectivity index (χ1n) is 7.04. The molecule has 0 aliphatic carbocycles. The molecule has 5 nitrogen and oxygen atoms in total. The average molecular weight is 347 g/mol. The van der Waals surface area contributed by atoms with Crippen molar-refractivity contribution in [3.05, 3.63) is 34.9 Å². The van der Waals surface area contributed by atoms with Gasteiger partial charge < -0.3 is 5.32 Å². The Labute approximate surface area is 137 Å². The summed E-state index contributed by atoms with van der Waals surface area (Å²) >= 11 is 5.87. The van der Waals surface area contributed by atoms with Crippen LogP contribution in [0.5, 0.6) is 0 Å². The second kappa shape index (κ2) is 7.44. The molecule has 0 bridgehead atoms. The van der Waals surface area contributed by atoms with Gasteiger partial charge in [0.1, 0.15) is 5.75 Å². The SMILES string of the molecule is CNS(=O)(=O)CC(=O)N[C@@](C)(Cc1ccc(Cl)cc1)C(C)C. The van der Waals surface area contributed by atoms with Crippen molar-refractivity contribution in [1.82, 2.24) is 10.0 Å². The van der Waals surface area contributed by atoms with Gasteiger partial charge in [-0.05, 0) is 44.0 Å². The Balaban J connectivity index is 2.87. The Morgan fingerprint density at radius 3 is 2.27 bits per heavy atom. The molecule has 2 N–H and O–H groups in total. The molecule has 22 heavy (non-hydrogen) atoms. The van der Waals surface area contributed by atoms with E-state index in [1.165, 1.54) is 7.05 Å². The number of hydrogen-bond acceptors (Lipinski definition) is 3. The Hall–Kier alpha value is -1.11. The van der Waals surface area contributed by atoms with E-state index in [0.29, 0.717) is 11.4 Å². The van der Waals surface area contributed by atoms with Crippen LogP contribution in [-0.2, 0) is 21.2 Å². The number of halogens is 1. The largest absolute Gasteiger partial charge is 0.349 e. The molecule has 0 fully saturated rings. The maximum Gasteiger partial charge on any atom is 0.237 e. The molecule has 0 radical (unpaired) electrons. The van der Waals surface area contributed by atoms with Gasteiger partial charge in [-0.2, -0.15) is 0 Å². The molecule has 1 amide bonds. The summed E-state index contributed by atoms with van der Waals surface area (Å²) in [4.78, 5) is 12.0. The van der Waals surface area contributed by atoms with Crippen LogP contribution >= 0.6 is 11.6 Å². The zero-order chi connectivity index (χ0) is 17.0. The van der Waals surface area contributed by atoms with Crippen molar-refractivity contribution in [2.24, 2.45) is 5.92 Å². The molecule has 0 aromatic heterocycles. The number of nitrogens with one attached hydrogen (secondary N) is 2. The molecule has 0 heterocycles. The van der Waals surface area contributed by atoms with Crippen molar-refractivity contribution in [3.63, 3.8) is 0 Å². The van der Waals surface area contributed by atoms with Crippen molar-refractivity contribution in [1.29, 1.82) is 0 Å². The van der Waals surface area contributed by atoms with Crippen molar-refractivity contribution in [3.8, 4) is 0 Å². The monoisotopic (exact) mass is 346 g/mol. The molecule has 1 aromatic rings. The van der Waals surface area contributed by atoms with Gasteiger partial charge in [0.15, 0.2) is 0 Å². The minimum atomic E-state index is -3.57. The summed E-state index contributed by atoms with van der Waals surface area (Å²) in [6, 6.07) is 7.40. The lowest BCUT2D eigenvalue weighted by Crippen LogP contribution is -2.53. The topological polar surface area (TPSA) is 75.3 Å². The van der Waals surface area contributed by atoms with Crippen LogP contribution in [0, 0.1) is 5.92 Å². The van der Waals surface area contributed by atoms with Crippen LogP contribution in [0.15, 0.2) is 24.3 Å². The lowest BCUT2D eigenvalue weighted by atomic mass is 9.82. The molecule has 0 saturated heterocycles. The number of rotatable bonds is 7. The van der Waals surface area contributed by atoms with Crippen LogP contribution in [0.3, 0.4) is 0 Å². The Bertz CT molecular complexity index is 614. The van der Waals surface area contributed by atoms with Gasteiger partial charge in [-0.15, -0.1) is 0 Å². The third-order valence-electron chi connectivity index (χ3n) is 3.82. The first-order chi connectivity index (χ1) is 10.1. The first kappa shape index (κ1) is 18.9. The van der Waals surface area contributed by atoms with Crippen molar-refractivity contribution in [2.45, 2.75) is 32.7 Å². The molecule has 0 saturated carbocycles. The molecular formula is C15H23ClN2O3S. The smallest absolute Gasteiger partial charge is 0.237 e. The minimum Gasteiger partial charge on any atom is -0.349 e. The van der Waals surface area contributed by atoms with Gasteiger partial charge in [0, 0.05) is 10.6 Å². The summed E-state index contributed by atoms with van der Waals surface area (Å²) < 4.78 is 25.1. The summed E-state index contributed by atoms with van der Waals surface area (Å²) in [5.74, 6) is -0.962. The highest BCUT2D eigenvalue weighted by Crippen LogP contribution is 2.23. The van der Waals surface area contributed by atoms with Crippen molar-refractivity contribution in [2.75, 3.05) is 12.8 Å². The molecule has 124 valence electrons. The highest BCUT2D eigenvalue weighted by Gasteiger charge is 2.31. The second-order valence-electron chi connectivity index (χ2n) is 5.89. The van der Waals surface area contributed by atoms with Gasteiger partial charge >= 0.3 is 0 Å². The molecule has 1 atom stereocenters.